The van der Waals surface area contributed by atoms with Crippen molar-refractivity contribution in [2.24, 2.45) is 0 Å². The average Bonchev–Trinajstić information content (AvgIpc) is 2.47. The summed E-state index contributed by atoms with van der Waals surface area (Å²) in [6, 6.07) is 0. The predicted molar refractivity (Wildman–Crippen MR) is 74.4 cm³/mol. The first-order valence-corrected chi connectivity index (χ1v) is 6.84. The topological polar surface area (TPSA) is 62.3 Å². The number of carbonyl (C=O) groups excluding carboxylic acids is 2. The largest absolute Gasteiger partial charge is 0.383 e. The van der Waals surface area contributed by atoms with E-state index in [2.05, 4.69) is 4.90 Å². The van der Waals surface area contributed by atoms with Crippen LogP contribution in [0.2, 0.25) is 0 Å². The second-order valence-electron chi connectivity index (χ2n) is 4.87. The van der Waals surface area contributed by atoms with Crippen LogP contribution in [0.15, 0.2) is 0 Å². The highest BCUT2D eigenvalue weighted by atomic mass is 16.5. The molecule has 0 aromatic carbocycles. The number of rotatable bonds is 6. The first-order chi connectivity index (χ1) is 9.60. The third kappa shape index (κ3) is 5.07. The Morgan fingerprint density at radius 3 is 1.95 bits per heavy atom. The van der Waals surface area contributed by atoms with Crippen molar-refractivity contribution in [2.75, 3.05) is 73.7 Å². The van der Waals surface area contributed by atoms with Gasteiger partial charge in [0.05, 0.1) is 13.2 Å². The number of nitrogens with zero attached hydrogens (tertiary/aromatic N) is 3. The number of hydrogen-bond donors (Lipinski definition) is 0. The Morgan fingerprint density at radius 2 is 1.50 bits per heavy atom. The van der Waals surface area contributed by atoms with Crippen LogP contribution in [-0.4, -0.2) is 100 Å². The maximum Gasteiger partial charge on any atom is 0.312 e. The van der Waals surface area contributed by atoms with Crippen molar-refractivity contribution in [3.63, 3.8) is 0 Å². The molecule has 0 unspecified atom stereocenters. The van der Waals surface area contributed by atoms with E-state index in [9.17, 15) is 9.59 Å². The highest BCUT2D eigenvalue weighted by Gasteiger charge is 2.28. The van der Waals surface area contributed by atoms with Crippen LogP contribution in [0, 0.1) is 0 Å². The van der Waals surface area contributed by atoms with Gasteiger partial charge in [-0.2, -0.15) is 0 Å². The second kappa shape index (κ2) is 8.89. The van der Waals surface area contributed by atoms with E-state index in [0.717, 1.165) is 13.1 Å². The Kier molecular flexibility index (Phi) is 7.50. The Bertz CT molecular complexity index is 309. The van der Waals surface area contributed by atoms with Crippen molar-refractivity contribution < 1.29 is 19.1 Å². The van der Waals surface area contributed by atoms with Gasteiger partial charge in [-0.1, -0.05) is 0 Å². The van der Waals surface area contributed by atoms with E-state index < -0.39 is 11.8 Å². The fraction of sp³-hybridized carbons (Fsp3) is 0.846. The monoisotopic (exact) mass is 287 g/mol. The van der Waals surface area contributed by atoms with Crippen molar-refractivity contribution in [1.82, 2.24) is 14.7 Å². The molecular weight excluding hydrogens is 262 g/mol. The van der Waals surface area contributed by atoms with Gasteiger partial charge in [0.2, 0.25) is 0 Å². The number of amides is 2. The molecule has 1 heterocycles. The van der Waals surface area contributed by atoms with Crippen molar-refractivity contribution >= 4 is 11.8 Å². The highest BCUT2D eigenvalue weighted by molar-refractivity contribution is 6.34. The molecule has 0 radical (unpaired) electrons. The van der Waals surface area contributed by atoms with Crippen LogP contribution in [0.5, 0.6) is 0 Å². The van der Waals surface area contributed by atoms with E-state index in [1.165, 1.54) is 4.90 Å². The first-order valence-electron chi connectivity index (χ1n) is 6.84. The minimum Gasteiger partial charge on any atom is -0.383 e. The molecule has 1 aliphatic rings. The van der Waals surface area contributed by atoms with Gasteiger partial charge in [0, 0.05) is 53.5 Å². The summed E-state index contributed by atoms with van der Waals surface area (Å²) in [4.78, 5) is 29.7. The average molecular weight is 287 g/mol. The third-order valence-electron chi connectivity index (χ3n) is 3.39. The van der Waals surface area contributed by atoms with E-state index >= 15 is 0 Å². The molecule has 0 bridgehead atoms. The minimum absolute atomic E-state index is 0.401. The summed E-state index contributed by atoms with van der Waals surface area (Å²) in [7, 11) is 5.15. The van der Waals surface area contributed by atoms with Crippen molar-refractivity contribution in [2.45, 2.75) is 0 Å². The zero-order chi connectivity index (χ0) is 15.0. The van der Waals surface area contributed by atoms with Crippen LogP contribution in [0.3, 0.4) is 0 Å². The van der Waals surface area contributed by atoms with Gasteiger partial charge in [0.15, 0.2) is 0 Å². The van der Waals surface area contributed by atoms with Gasteiger partial charge in [0.1, 0.15) is 0 Å². The van der Waals surface area contributed by atoms with E-state index in [4.69, 9.17) is 9.47 Å². The molecule has 0 aliphatic carbocycles. The van der Waals surface area contributed by atoms with E-state index in [1.807, 2.05) is 7.05 Å². The molecule has 7 nitrogen and oxygen atoms in total. The molecule has 0 aromatic heterocycles. The Morgan fingerprint density at radius 1 is 1.00 bits per heavy atom. The summed E-state index contributed by atoms with van der Waals surface area (Å²) in [6.07, 6.45) is 0. The van der Waals surface area contributed by atoms with Gasteiger partial charge in [-0.05, 0) is 7.05 Å². The molecule has 0 spiro atoms. The maximum atomic E-state index is 12.2. The fourth-order valence-corrected chi connectivity index (χ4v) is 2.00. The molecule has 1 rings (SSSR count). The van der Waals surface area contributed by atoms with Gasteiger partial charge >= 0.3 is 11.8 Å². The standard InChI is InChI=1S/C13H25N3O4/c1-14-4-6-15(7-5-14)12(17)13(18)16(8-10-19-2)9-11-20-3/h4-11H2,1-3H3. The van der Waals surface area contributed by atoms with E-state index in [0.29, 0.717) is 39.4 Å². The molecule has 1 saturated heterocycles. The van der Waals surface area contributed by atoms with Crippen LogP contribution in [0.25, 0.3) is 0 Å². The minimum atomic E-state index is -0.469. The van der Waals surface area contributed by atoms with Crippen molar-refractivity contribution in [1.29, 1.82) is 0 Å². The molecule has 1 fully saturated rings. The number of likely N-dealkylation sites (N-methyl/N-ethyl adjacent to an activating group) is 1. The molecule has 0 saturated carbocycles. The van der Waals surface area contributed by atoms with E-state index in [1.54, 1.807) is 19.1 Å². The number of piperazine rings is 1. The van der Waals surface area contributed by atoms with Crippen LogP contribution in [0.1, 0.15) is 0 Å². The lowest BCUT2D eigenvalue weighted by molar-refractivity contribution is -0.153. The van der Waals surface area contributed by atoms with Crippen molar-refractivity contribution in [3.05, 3.63) is 0 Å². The van der Waals surface area contributed by atoms with Gasteiger partial charge in [-0.25, -0.2) is 0 Å². The summed E-state index contributed by atoms with van der Waals surface area (Å²) in [5, 5.41) is 0. The zero-order valence-corrected chi connectivity index (χ0v) is 12.6. The highest BCUT2D eigenvalue weighted by Crippen LogP contribution is 2.02. The summed E-state index contributed by atoms with van der Waals surface area (Å²) in [5.74, 6) is -0.894. The SMILES string of the molecule is COCCN(CCOC)C(=O)C(=O)N1CCN(C)CC1. The van der Waals surface area contributed by atoms with Crippen LogP contribution in [-0.2, 0) is 19.1 Å². The Balaban J connectivity index is 2.55. The smallest absolute Gasteiger partial charge is 0.312 e. The predicted octanol–water partition coefficient (Wildman–Crippen LogP) is -1.12. The van der Waals surface area contributed by atoms with Gasteiger partial charge in [-0.15, -0.1) is 0 Å². The number of hydrogen-bond acceptors (Lipinski definition) is 5. The lowest BCUT2D eigenvalue weighted by Crippen LogP contribution is -2.53. The zero-order valence-electron chi connectivity index (χ0n) is 12.6. The van der Waals surface area contributed by atoms with Gasteiger partial charge in [0.25, 0.3) is 0 Å². The maximum absolute atomic E-state index is 12.2. The molecule has 0 N–H and O–H groups in total. The molecule has 1 aliphatic heterocycles. The van der Waals surface area contributed by atoms with Crippen molar-refractivity contribution in [3.8, 4) is 0 Å². The first kappa shape index (κ1) is 16.9. The molecule has 0 atom stereocenters. The quantitative estimate of drug-likeness (QED) is 0.579. The lowest BCUT2D eigenvalue weighted by Gasteiger charge is -2.33. The molecule has 0 aromatic rings. The fourth-order valence-electron chi connectivity index (χ4n) is 2.00. The van der Waals surface area contributed by atoms with Crippen LogP contribution >= 0.6 is 0 Å². The number of methoxy groups -OCH3 is 2. The Hall–Kier alpha value is -1.18. The molecule has 7 heteroatoms. The van der Waals surface area contributed by atoms with Crippen LogP contribution in [0.4, 0.5) is 0 Å². The van der Waals surface area contributed by atoms with Gasteiger partial charge < -0.3 is 24.2 Å². The summed E-state index contributed by atoms with van der Waals surface area (Å²) < 4.78 is 9.95. The Labute approximate surface area is 120 Å². The van der Waals surface area contributed by atoms with E-state index in [-0.39, 0.29) is 0 Å². The lowest BCUT2D eigenvalue weighted by atomic mass is 10.3. The molecular formula is C13H25N3O4. The second-order valence-corrected chi connectivity index (χ2v) is 4.87. The summed E-state index contributed by atoms with van der Waals surface area (Å²) in [5.41, 5.74) is 0. The third-order valence-corrected chi connectivity index (χ3v) is 3.39. The number of carbonyl (C=O) groups is 2. The van der Waals surface area contributed by atoms with Crippen LogP contribution < -0.4 is 0 Å². The molecule has 116 valence electrons. The van der Waals surface area contributed by atoms with Gasteiger partial charge in [-0.3, -0.25) is 9.59 Å². The normalized spacial score (nSPS) is 16.2. The molecule has 2 amide bonds. The number of ether oxygens (including phenoxy) is 2. The molecule has 20 heavy (non-hydrogen) atoms. The summed E-state index contributed by atoms with van der Waals surface area (Å²) >= 11 is 0. The summed E-state index contributed by atoms with van der Waals surface area (Å²) in [6.45, 7) is 4.42.